The van der Waals surface area contributed by atoms with E-state index < -0.39 is 5.91 Å². The Kier molecular flexibility index (Phi) is 4.94. The highest BCUT2D eigenvalue weighted by Crippen LogP contribution is 2.14. The van der Waals surface area contributed by atoms with Crippen LogP contribution in [0.1, 0.15) is 40.1 Å². The van der Waals surface area contributed by atoms with E-state index in [0.717, 1.165) is 5.56 Å². The average Bonchev–Trinajstić information content (AvgIpc) is 2.53. The van der Waals surface area contributed by atoms with Gasteiger partial charge >= 0.3 is 0 Å². The van der Waals surface area contributed by atoms with E-state index in [1.807, 2.05) is 44.2 Å². The van der Waals surface area contributed by atoms with Gasteiger partial charge in [-0.05, 0) is 43.7 Å². The zero-order valence-corrected chi connectivity index (χ0v) is 12.8. The number of carbonyl (C=O) groups excluding carboxylic acids is 2. The Bertz CT molecular complexity index is 649. The molecule has 0 atom stereocenters. The first-order valence-electron chi connectivity index (χ1n) is 7.24. The molecule has 2 rings (SSSR count). The van der Waals surface area contributed by atoms with E-state index in [1.54, 1.807) is 29.2 Å². The number of hydrogen-bond acceptors (Lipinski definition) is 2. The summed E-state index contributed by atoms with van der Waals surface area (Å²) in [5.41, 5.74) is 7.25. The van der Waals surface area contributed by atoms with E-state index >= 15 is 0 Å². The topological polar surface area (TPSA) is 63.4 Å². The largest absolute Gasteiger partial charge is 0.366 e. The first-order chi connectivity index (χ1) is 10.5. The van der Waals surface area contributed by atoms with Crippen molar-refractivity contribution in [1.29, 1.82) is 0 Å². The number of primary amides is 1. The number of nitrogens with two attached hydrogens (primary N) is 1. The van der Waals surface area contributed by atoms with Crippen molar-refractivity contribution < 1.29 is 9.59 Å². The fourth-order valence-electron chi connectivity index (χ4n) is 2.21. The van der Waals surface area contributed by atoms with Gasteiger partial charge in [-0.15, -0.1) is 0 Å². The molecule has 22 heavy (non-hydrogen) atoms. The molecular weight excluding hydrogens is 276 g/mol. The Labute approximate surface area is 130 Å². The van der Waals surface area contributed by atoms with Gasteiger partial charge in [-0.3, -0.25) is 9.59 Å². The van der Waals surface area contributed by atoms with E-state index in [9.17, 15) is 9.59 Å². The number of carbonyl (C=O) groups is 2. The lowest BCUT2D eigenvalue weighted by atomic mass is 10.1. The molecule has 0 unspecified atom stereocenters. The summed E-state index contributed by atoms with van der Waals surface area (Å²) in [4.78, 5) is 25.6. The van der Waals surface area contributed by atoms with Crippen LogP contribution >= 0.6 is 0 Å². The van der Waals surface area contributed by atoms with Crippen LogP contribution in [0.3, 0.4) is 0 Å². The molecule has 4 nitrogen and oxygen atoms in total. The first kappa shape index (κ1) is 15.8. The van der Waals surface area contributed by atoms with Gasteiger partial charge in [0.15, 0.2) is 0 Å². The molecule has 0 aromatic heterocycles. The molecule has 0 bridgehead atoms. The number of hydrogen-bond donors (Lipinski definition) is 1. The summed E-state index contributed by atoms with van der Waals surface area (Å²) >= 11 is 0. The van der Waals surface area contributed by atoms with Crippen LogP contribution in [0.4, 0.5) is 0 Å². The second kappa shape index (κ2) is 6.89. The molecule has 2 N–H and O–H groups in total. The fraction of sp³-hybridized carbons (Fsp3) is 0.222. The quantitative estimate of drug-likeness (QED) is 0.922. The Hall–Kier alpha value is -2.62. The van der Waals surface area contributed by atoms with E-state index in [1.165, 1.54) is 0 Å². The molecule has 0 saturated heterocycles. The van der Waals surface area contributed by atoms with Crippen molar-refractivity contribution in [2.75, 3.05) is 0 Å². The second-order valence-corrected chi connectivity index (χ2v) is 5.45. The summed E-state index contributed by atoms with van der Waals surface area (Å²) in [7, 11) is 0. The second-order valence-electron chi connectivity index (χ2n) is 5.45. The summed E-state index contributed by atoms with van der Waals surface area (Å²) < 4.78 is 0. The maximum atomic E-state index is 12.7. The minimum Gasteiger partial charge on any atom is -0.366 e. The zero-order chi connectivity index (χ0) is 16.1. The summed E-state index contributed by atoms with van der Waals surface area (Å²) in [6, 6.07) is 16.4. The first-order valence-corrected chi connectivity index (χ1v) is 7.24. The van der Waals surface area contributed by atoms with Crippen LogP contribution in [-0.2, 0) is 6.54 Å². The lowest BCUT2D eigenvalue weighted by Crippen LogP contribution is -2.36. The highest BCUT2D eigenvalue weighted by Gasteiger charge is 2.19. The molecule has 0 aliphatic heterocycles. The predicted octanol–water partition coefficient (Wildman–Crippen LogP) is 2.84. The summed E-state index contributed by atoms with van der Waals surface area (Å²) in [5.74, 6) is -0.557. The molecule has 0 spiro atoms. The van der Waals surface area contributed by atoms with E-state index in [4.69, 9.17) is 5.73 Å². The Morgan fingerprint density at radius 3 is 2.00 bits per heavy atom. The van der Waals surface area contributed by atoms with E-state index in [-0.39, 0.29) is 11.9 Å². The number of amides is 2. The van der Waals surface area contributed by atoms with Gasteiger partial charge in [0.05, 0.1) is 0 Å². The van der Waals surface area contributed by atoms with Crippen LogP contribution in [0.5, 0.6) is 0 Å². The third-order valence-electron chi connectivity index (χ3n) is 3.50. The summed E-state index contributed by atoms with van der Waals surface area (Å²) in [5, 5.41) is 0. The van der Waals surface area contributed by atoms with Gasteiger partial charge in [-0.25, -0.2) is 0 Å². The molecule has 114 valence electrons. The normalized spacial score (nSPS) is 10.5. The van der Waals surface area contributed by atoms with Crippen molar-refractivity contribution in [2.45, 2.75) is 26.4 Å². The molecule has 2 aromatic carbocycles. The molecular formula is C18H20N2O2. The Morgan fingerprint density at radius 1 is 0.955 bits per heavy atom. The Balaban J connectivity index is 2.21. The SMILES string of the molecule is CC(C)N(Cc1ccccc1)C(=O)c1ccc(C(N)=O)cc1. The molecule has 0 aliphatic rings. The zero-order valence-electron chi connectivity index (χ0n) is 12.8. The van der Waals surface area contributed by atoms with Crippen LogP contribution in [-0.4, -0.2) is 22.8 Å². The van der Waals surface area contributed by atoms with Gasteiger partial charge < -0.3 is 10.6 Å². The van der Waals surface area contributed by atoms with Gasteiger partial charge in [-0.2, -0.15) is 0 Å². The number of benzene rings is 2. The highest BCUT2D eigenvalue weighted by atomic mass is 16.2. The lowest BCUT2D eigenvalue weighted by molar-refractivity contribution is 0.0690. The van der Waals surface area contributed by atoms with Gasteiger partial charge in [-0.1, -0.05) is 30.3 Å². The molecule has 0 aliphatic carbocycles. The maximum absolute atomic E-state index is 12.7. The molecule has 0 radical (unpaired) electrons. The van der Waals surface area contributed by atoms with Crippen molar-refractivity contribution in [3.8, 4) is 0 Å². The van der Waals surface area contributed by atoms with Crippen LogP contribution in [0, 0.1) is 0 Å². The minimum absolute atomic E-state index is 0.0603. The maximum Gasteiger partial charge on any atom is 0.254 e. The predicted molar refractivity (Wildman–Crippen MR) is 86.4 cm³/mol. The summed E-state index contributed by atoms with van der Waals surface area (Å²) in [6.45, 7) is 4.52. The van der Waals surface area contributed by atoms with Gasteiger partial charge in [0.25, 0.3) is 5.91 Å². The fourth-order valence-corrected chi connectivity index (χ4v) is 2.21. The van der Waals surface area contributed by atoms with Gasteiger partial charge in [0, 0.05) is 23.7 Å². The van der Waals surface area contributed by atoms with Crippen LogP contribution in [0.25, 0.3) is 0 Å². The van der Waals surface area contributed by atoms with Crippen molar-refractivity contribution in [3.05, 3.63) is 71.3 Å². The molecule has 2 amide bonds. The number of nitrogens with zero attached hydrogens (tertiary/aromatic N) is 1. The third kappa shape index (κ3) is 3.73. The van der Waals surface area contributed by atoms with Crippen LogP contribution in [0.2, 0.25) is 0 Å². The monoisotopic (exact) mass is 296 g/mol. The Morgan fingerprint density at radius 2 is 1.50 bits per heavy atom. The van der Waals surface area contributed by atoms with Crippen molar-refractivity contribution >= 4 is 11.8 Å². The smallest absolute Gasteiger partial charge is 0.254 e. The molecule has 4 heteroatoms. The molecule has 0 saturated carbocycles. The van der Waals surface area contributed by atoms with Crippen molar-refractivity contribution in [3.63, 3.8) is 0 Å². The number of rotatable bonds is 5. The third-order valence-corrected chi connectivity index (χ3v) is 3.50. The molecule has 2 aromatic rings. The minimum atomic E-state index is -0.496. The van der Waals surface area contributed by atoms with Gasteiger partial charge in [0.1, 0.15) is 0 Å². The standard InChI is InChI=1S/C18H20N2O2/c1-13(2)20(12-14-6-4-3-5-7-14)18(22)16-10-8-15(9-11-16)17(19)21/h3-11,13H,12H2,1-2H3,(H2,19,21). The van der Waals surface area contributed by atoms with E-state index in [0.29, 0.717) is 17.7 Å². The van der Waals surface area contributed by atoms with Crippen molar-refractivity contribution in [1.82, 2.24) is 4.90 Å². The molecule has 0 fully saturated rings. The lowest BCUT2D eigenvalue weighted by Gasteiger charge is -2.27. The van der Waals surface area contributed by atoms with Crippen LogP contribution in [0.15, 0.2) is 54.6 Å². The molecule has 0 heterocycles. The van der Waals surface area contributed by atoms with E-state index in [2.05, 4.69) is 0 Å². The van der Waals surface area contributed by atoms with Crippen molar-refractivity contribution in [2.24, 2.45) is 5.73 Å². The summed E-state index contributed by atoms with van der Waals surface area (Å²) in [6.07, 6.45) is 0. The highest BCUT2D eigenvalue weighted by molar-refractivity contribution is 5.97. The van der Waals surface area contributed by atoms with Gasteiger partial charge in [0.2, 0.25) is 5.91 Å². The van der Waals surface area contributed by atoms with Crippen LogP contribution < -0.4 is 5.73 Å². The average molecular weight is 296 g/mol.